The SMILES string of the molecule is CCCCCCCCCCC(O)C(C)(CO)C(=O)O. The van der Waals surface area contributed by atoms with E-state index in [9.17, 15) is 9.90 Å². The van der Waals surface area contributed by atoms with E-state index >= 15 is 0 Å². The first-order chi connectivity index (χ1) is 8.99. The summed E-state index contributed by atoms with van der Waals surface area (Å²) in [6.07, 6.45) is 8.76. The Labute approximate surface area is 116 Å². The molecule has 0 aromatic rings. The summed E-state index contributed by atoms with van der Waals surface area (Å²) < 4.78 is 0. The monoisotopic (exact) mass is 274 g/mol. The topological polar surface area (TPSA) is 77.8 Å². The Kier molecular flexibility index (Phi) is 9.88. The lowest BCUT2D eigenvalue weighted by molar-refractivity contribution is -0.159. The molecule has 0 aromatic heterocycles. The molecule has 0 saturated heterocycles. The van der Waals surface area contributed by atoms with Gasteiger partial charge in [0.15, 0.2) is 0 Å². The van der Waals surface area contributed by atoms with E-state index in [-0.39, 0.29) is 0 Å². The van der Waals surface area contributed by atoms with Gasteiger partial charge >= 0.3 is 5.97 Å². The standard InChI is InChI=1S/C15H30O4/c1-3-4-5-6-7-8-9-10-11-13(17)15(2,12-16)14(18)19/h13,16-17H,3-12H2,1-2H3,(H,18,19). The molecule has 0 aliphatic rings. The molecule has 0 radical (unpaired) electrons. The lowest BCUT2D eigenvalue weighted by Gasteiger charge is -2.28. The van der Waals surface area contributed by atoms with Gasteiger partial charge in [0.25, 0.3) is 0 Å². The minimum atomic E-state index is -1.43. The Morgan fingerprint density at radius 2 is 1.53 bits per heavy atom. The van der Waals surface area contributed by atoms with Crippen molar-refractivity contribution < 1.29 is 20.1 Å². The summed E-state index contributed by atoms with van der Waals surface area (Å²) in [5.74, 6) is -1.14. The smallest absolute Gasteiger partial charge is 0.314 e. The second-order valence-electron chi connectivity index (χ2n) is 5.66. The van der Waals surface area contributed by atoms with E-state index in [4.69, 9.17) is 10.2 Å². The van der Waals surface area contributed by atoms with Crippen molar-refractivity contribution in [3.05, 3.63) is 0 Å². The van der Waals surface area contributed by atoms with Gasteiger partial charge in [0.05, 0.1) is 12.7 Å². The van der Waals surface area contributed by atoms with Crippen LogP contribution >= 0.6 is 0 Å². The molecule has 3 N–H and O–H groups in total. The molecule has 4 heteroatoms. The van der Waals surface area contributed by atoms with Crippen molar-refractivity contribution in [2.75, 3.05) is 6.61 Å². The second kappa shape index (κ2) is 10.2. The van der Waals surface area contributed by atoms with E-state index in [1.807, 2.05) is 0 Å². The van der Waals surface area contributed by atoms with Crippen molar-refractivity contribution in [2.45, 2.75) is 77.7 Å². The zero-order valence-corrected chi connectivity index (χ0v) is 12.4. The van der Waals surface area contributed by atoms with Crippen molar-refractivity contribution >= 4 is 5.97 Å². The summed E-state index contributed by atoms with van der Waals surface area (Å²) in [7, 11) is 0. The van der Waals surface area contributed by atoms with Gasteiger partial charge in [-0.2, -0.15) is 0 Å². The molecule has 2 unspecified atom stereocenters. The van der Waals surface area contributed by atoms with Crippen LogP contribution in [0.5, 0.6) is 0 Å². The zero-order valence-electron chi connectivity index (χ0n) is 12.4. The molecule has 19 heavy (non-hydrogen) atoms. The molecule has 0 saturated carbocycles. The molecule has 0 rings (SSSR count). The fraction of sp³-hybridized carbons (Fsp3) is 0.933. The number of hydrogen-bond acceptors (Lipinski definition) is 3. The quantitative estimate of drug-likeness (QED) is 0.478. The minimum Gasteiger partial charge on any atom is -0.481 e. The van der Waals surface area contributed by atoms with Gasteiger partial charge in [-0.15, -0.1) is 0 Å². The Bertz CT molecular complexity index is 242. The van der Waals surface area contributed by atoms with Gasteiger partial charge in [-0.1, -0.05) is 58.3 Å². The van der Waals surface area contributed by atoms with Crippen LogP contribution in [0.25, 0.3) is 0 Å². The van der Waals surface area contributed by atoms with Crippen LogP contribution in [0.3, 0.4) is 0 Å². The molecule has 0 aliphatic carbocycles. The molecular formula is C15H30O4. The van der Waals surface area contributed by atoms with Gasteiger partial charge in [0.2, 0.25) is 0 Å². The maximum absolute atomic E-state index is 11.0. The number of carboxylic acid groups (broad SMARTS) is 1. The number of aliphatic hydroxyl groups is 2. The summed E-state index contributed by atoms with van der Waals surface area (Å²) in [5.41, 5.74) is -1.43. The molecule has 0 aromatic carbocycles. The first-order valence-corrected chi connectivity index (χ1v) is 7.51. The maximum Gasteiger partial charge on any atom is 0.314 e. The van der Waals surface area contributed by atoms with Crippen LogP contribution in [-0.4, -0.2) is 34.0 Å². The van der Waals surface area contributed by atoms with Crippen LogP contribution in [0, 0.1) is 5.41 Å². The molecule has 0 fully saturated rings. The third-order valence-corrected chi connectivity index (χ3v) is 3.88. The first kappa shape index (κ1) is 18.4. The van der Waals surface area contributed by atoms with Crippen LogP contribution in [0.1, 0.15) is 71.6 Å². The molecule has 0 aliphatic heterocycles. The predicted molar refractivity (Wildman–Crippen MR) is 76.1 cm³/mol. The van der Waals surface area contributed by atoms with E-state index in [0.717, 1.165) is 19.3 Å². The van der Waals surface area contributed by atoms with Crippen molar-refractivity contribution in [3.8, 4) is 0 Å². The molecule has 0 heterocycles. The second-order valence-corrected chi connectivity index (χ2v) is 5.66. The Hall–Kier alpha value is -0.610. The van der Waals surface area contributed by atoms with Crippen LogP contribution in [0.15, 0.2) is 0 Å². The van der Waals surface area contributed by atoms with E-state index < -0.39 is 24.1 Å². The Morgan fingerprint density at radius 1 is 1.05 bits per heavy atom. The number of hydrogen-bond donors (Lipinski definition) is 3. The van der Waals surface area contributed by atoms with Crippen molar-refractivity contribution in [3.63, 3.8) is 0 Å². The maximum atomic E-state index is 11.0. The van der Waals surface area contributed by atoms with E-state index in [1.54, 1.807) is 0 Å². The summed E-state index contributed by atoms with van der Waals surface area (Å²) in [6.45, 7) is 3.06. The summed E-state index contributed by atoms with van der Waals surface area (Å²) in [4.78, 5) is 11.0. The third-order valence-electron chi connectivity index (χ3n) is 3.88. The lowest BCUT2D eigenvalue weighted by Crippen LogP contribution is -2.43. The Morgan fingerprint density at radius 3 is 1.95 bits per heavy atom. The van der Waals surface area contributed by atoms with E-state index in [1.165, 1.54) is 39.0 Å². The molecule has 0 spiro atoms. The third kappa shape index (κ3) is 6.92. The highest BCUT2D eigenvalue weighted by atomic mass is 16.4. The molecule has 114 valence electrons. The molecule has 2 atom stereocenters. The van der Waals surface area contributed by atoms with Crippen LogP contribution in [-0.2, 0) is 4.79 Å². The first-order valence-electron chi connectivity index (χ1n) is 7.51. The summed E-state index contributed by atoms with van der Waals surface area (Å²) in [5, 5.41) is 28.0. The van der Waals surface area contributed by atoms with E-state index in [0.29, 0.717) is 6.42 Å². The van der Waals surface area contributed by atoms with Crippen LogP contribution in [0.2, 0.25) is 0 Å². The summed E-state index contributed by atoms with van der Waals surface area (Å²) in [6, 6.07) is 0. The summed E-state index contributed by atoms with van der Waals surface area (Å²) >= 11 is 0. The highest BCUT2D eigenvalue weighted by molar-refractivity contribution is 5.75. The highest BCUT2D eigenvalue weighted by Gasteiger charge is 2.39. The van der Waals surface area contributed by atoms with Crippen molar-refractivity contribution in [1.29, 1.82) is 0 Å². The van der Waals surface area contributed by atoms with Gasteiger partial charge in [-0.3, -0.25) is 4.79 Å². The fourth-order valence-electron chi connectivity index (χ4n) is 2.11. The number of unbranched alkanes of at least 4 members (excludes halogenated alkanes) is 7. The average molecular weight is 274 g/mol. The number of aliphatic carboxylic acids is 1. The van der Waals surface area contributed by atoms with Gasteiger partial charge in [0, 0.05) is 0 Å². The molecule has 0 bridgehead atoms. The molecule has 0 amide bonds. The largest absolute Gasteiger partial charge is 0.481 e. The normalized spacial score (nSPS) is 16.0. The molecule has 4 nitrogen and oxygen atoms in total. The predicted octanol–water partition coefficient (Wildman–Crippen LogP) is 2.96. The van der Waals surface area contributed by atoms with E-state index in [2.05, 4.69) is 6.92 Å². The number of carboxylic acids is 1. The van der Waals surface area contributed by atoms with Crippen LogP contribution in [0.4, 0.5) is 0 Å². The van der Waals surface area contributed by atoms with Gasteiger partial charge in [-0.05, 0) is 13.3 Å². The van der Waals surface area contributed by atoms with Gasteiger partial charge in [0.1, 0.15) is 5.41 Å². The fourth-order valence-corrected chi connectivity index (χ4v) is 2.11. The highest BCUT2D eigenvalue weighted by Crippen LogP contribution is 2.25. The average Bonchev–Trinajstić information content (AvgIpc) is 2.40. The number of rotatable bonds is 12. The molecular weight excluding hydrogens is 244 g/mol. The minimum absolute atomic E-state index is 0.443. The van der Waals surface area contributed by atoms with Crippen molar-refractivity contribution in [1.82, 2.24) is 0 Å². The van der Waals surface area contributed by atoms with Crippen molar-refractivity contribution in [2.24, 2.45) is 5.41 Å². The number of aliphatic hydroxyl groups excluding tert-OH is 2. The van der Waals surface area contributed by atoms with Crippen LogP contribution < -0.4 is 0 Å². The zero-order chi connectivity index (χ0) is 14.7. The Balaban J connectivity index is 3.68. The lowest BCUT2D eigenvalue weighted by atomic mass is 9.82. The van der Waals surface area contributed by atoms with Gasteiger partial charge in [-0.25, -0.2) is 0 Å². The number of carbonyl (C=O) groups is 1. The van der Waals surface area contributed by atoms with Gasteiger partial charge < -0.3 is 15.3 Å².